The Morgan fingerprint density at radius 2 is 2.21 bits per heavy atom. The van der Waals surface area contributed by atoms with E-state index in [1.807, 2.05) is 13.8 Å². The van der Waals surface area contributed by atoms with Crippen molar-refractivity contribution >= 4 is 17.3 Å². The molecule has 0 saturated heterocycles. The number of anilines is 1. The van der Waals surface area contributed by atoms with Crippen molar-refractivity contribution in [2.24, 2.45) is 5.92 Å². The summed E-state index contributed by atoms with van der Waals surface area (Å²) in [4.78, 5) is 21.7. The first-order valence-corrected chi connectivity index (χ1v) is 5.88. The zero-order chi connectivity index (χ0) is 14.6. The highest BCUT2D eigenvalue weighted by molar-refractivity contribution is 6.01. The average Bonchev–Trinajstić information content (AvgIpc) is 2.37. The number of nitrogens with zero attached hydrogens (tertiary/aromatic N) is 1. The minimum atomic E-state index is -0.866. The van der Waals surface area contributed by atoms with Crippen molar-refractivity contribution in [1.82, 2.24) is 5.32 Å². The molecule has 1 aromatic carbocycles. The third-order valence-corrected chi connectivity index (χ3v) is 2.87. The van der Waals surface area contributed by atoms with Gasteiger partial charge in [0.05, 0.1) is 16.6 Å². The summed E-state index contributed by atoms with van der Waals surface area (Å²) < 4.78 is 13.3. The molecule has 0 bridgehead atoms. The number of benzene rings is 1. The van der Waals surface area contributed by atoms with Gasteiger partial charge in [-0.3, -0.25) is 14.9 Å². The first kappa shape index (κ1) is 14.9. The lowest BCUT2D eigenvalue weighted by atomic mass is 10.1. The number of carbonyl (C=O) groups excluding carboxylic acids is 1. The Hall–Kier alpha value is -2.18. The molecule has 0 aliphatic carbocycles. The normalized spacial score (nSPS) is 11.9. The average molecular weight is 269 g/mol. The third-order valence-electron chi connectivity index (χ3n) is 2.87. The first-order chi connectivity index (χ1) is 8.86. The van der Waals surface area contributed by atoms with Gasteiger partial charge < -0.3 is 11.1 Å². The summed E-state index contributed by atoms with van der Waals surface area (Å²) in [6.45, 7) is 4.31. The monoisotopic (exact) mass is 269 g/mol. The number of rotatable bonds is 5. The summed E-state index contributed by atoms with van der Waals surface area (Å²) in [5.41, 5.74) is 4.38. The minimum Gasteiger partial charge on any atom is -0.393 e. The van der Waals surface area contributed by atoms with Crippen LogP contribution < -0.4 is 11.1 Å². The van der Waals surface area contributed by atoms with Crippen LogP contribution in [0.5, 0.6) is 0 Å². The van der Waals surface area contributed by atoms with Gasteiger partial charge in [-0.2, -0.15) is 0 Å². The van der Waals surface area contributed by atoms with Gasteiger partial charge in [0, 0.05) is 6.54 Å². The van der Waals surface area contributed by atoms with Crippen LogP contribution in [0.25, 0.3) is 0 Å². The van der Waals surface area contributed by atoms with Gasteiger partial charge in [-0.1, -0.05) is 20.3 Å². The molecule has 1 atom stereocenters. The second-order valence-electron chi connectivity index (χ2n) is 4.37. The highest BCUT2D eigenvalue weighted by Crippen LogP contribution is 2.26. The second kappa shape index (κ2) is 6.12. The molecule has 0 spiro atoms. The summed E-state index contributed by atoms with van der Waals surface area (Å²) in [7, 11) is 0. The molecule has 104 valence electrons. The van der Waals surface area contributed by atoms with E-state index < -0.39 is 22.3 Å². The van der Waals surface area contributed by atoms with Gasteiger partial charge >= 0.3 is 0 Å². The minimum absolute atomic E-state index is 0.213. The van der Waals surface area contributed by atoms with E-state index in [4.69, 9.17) is 5.73 Å². The number of nitro benzene ring substituents is 1. The summed E-state index contributed by atoms with van der Waals surface area (Å²) in [5, 5.41) is 13.3. The van der Waals surface area contributed by atoms with Crippen molar-refractivity contribution in [2.45, 2.75) is 20.3 Å². The van der Waals surface area contributed by atoms with E-state index in [2.05, 4.69) is 5.32 Å². The van der Waals surface area contributed by atoms with E-state index in [0.29, 0.717) is 12.6 Å². The van der Waals surface area contributed by atoms with Crippen molar-refractivity contribution in [1.29, 1.82) is 0 Å². The smallest absolute Gasteiger partial charge is 0.295 e. The van der Waals surface area contributed by atoms with Crippen molar-refractivity contribution in [3.8, 4) is 0 Å². The van der Waals surface area contributed by atoms with E-state index in [9.17, 15) is 19.3 Å². The lowest BCUT2D eigenvalue weighted by Gasteiger charge is -2.11. The first-order valence-electron chi connectivity index (χ1n) is 5.88. The molecule has 0 saturated carbocycles. The van der Waals surface area contributed by atoms with Gasteiger partial charge in [0.1, 0.15) is 11.5 Å². The lowest BCUT2D eigenvalue weighted by molar-refractivity contribution is -0.384. The molecule has 3 N–H and O–H groups in total. The number of amides is 1. The molecule has 0 aliphatic heterocycles. The van der Waals surface area contributed by atoms with E-state index in [1.165, 1.54) is 0 Å². The Morgan fingerprint density at radius 3 is 2.74 bits per heavy atom. The lowest BCUT2D eigenvalue weighted by Crippen LogP contribution is -2.29. The third kappa shape index (κ3) is 3.64. The van der Waals surface area contributed by atoms with Crippen LogP contribution in [0, 0.1) is 21.8 Å². The van der Waals surface area contributed by atoms with Crippen LogP contribution in [0.1, 0.15) is 30.6 Å². The van der Waals surface area contributed by atoms with Crippen molar-refractivity contribution in [3.05, 3.63) is 33.6 Å². The van der Waals surface area contributed by atoms with Crippen LogP contribution in [0.2, 0.25) is 0 Å². The Bertz CT molecular complexity index is 505. The fourth-order valence-corrected chi connectivity index (χ4v) is 1.45. The van der Waals surface area contributed by atoms with Crippen LogP contribution in [0.3, 0.4) is 0 Å². The molecule has 7 heteroatoms. The van der Waals surface area contributed by atoms with E-state index >= 15 is 0 Å². The van der Waals surface area contributed by atoms with Gasteiger partial charge in [-0.15, -0.1) is 0 Å². The molecule has 1 aromatic rings. The van der Waals surface area contributed by atoms with Crippen molar-refractivity contribution in [3.63, 3.8) is 0 Å². The molecule has 0 aromatic heterocycles. The molecule has 0 radical (unpaired) electrons. The maximum absolute atomic E-state index is 13.3. The molecule has 1 amide bonds. The zero-order valence-corrected chi connectivity index (χ0v) is 10.8. The van der Waals surface area contributed by atoms with Gasteiger partial charge in [0.15, 0.2) is 0 Å². The number of halogens is 1. The van der Waals surface area contributed by atoms with Gasteiger partial charge in [0.25, 0.3) is 11.6 Å². The molecule has 0 aliphatic rings. The quantitative estimate of drug-likeness (QED) is 0.485. The van der Waals surface area contributed by atoms with Gasteiger partial charge in [-0.05, 0) is 12.0 Å². The summed E-state index contributed by atoms with van der Waals surface area (Å²) >= 11 is 0. The van der Waals surface area contributed by atoms with Crippen LogP contribution in [-0.2, 0) is 0 Å². The maximum atomic E-state index is 13.3. The summed E-state index contributed by atoms with van der Waals surface area (Å²) in [6.07, 6.45) is 0.874. The van der Waals surface area contributed by atoms with Gasteiger partial charge in [-0.25, -0.2) is 4.39 Å². The summed E-state index contributed by atoms with van der Waals surface area (Å²) in [6, 6.07) is 1.59. The van der Waals surface area contributed by atoms with Crippen LogP contribution in [-0.4, -0.2) is 17.4 Å². The molecule has 1 rings (SSSR count). The summed E-state index contributed by atoms with van der Waals surface area (Å²) in [5.74, 6) is -1.22. The number of nitrogen functional groups attached to an aromatic ring is 1. The zero-order valence-electron chi connectivity index (χ0n) is 10.8. The number of nitrogens with one attached hydrogen (secondary N) is 1. The Kier molecular flexibility index (Phi) is 4.80. The van der Waals surface area contributed by atoms with Crippen molar-refractivity contribution in [2.75, 3.05) is 12.3 Å². The van der Waals surface area contributed by atoms with E-state index in [-0.39, 0.29) is 17.2 Å². The topological polar surface area (TPSA) is 98.3 Å². The van der Waals surface area contributed by atoms with Gasteiger partial charge in [0.2, 0.25) is 0 Å². The Morgan fingerprint density at radius 1 is 1.58 bits per heavy atom. The van der Waals surface area contributed by atoms with Crippen LogP contribution in [0.15, 0.2) is 12.1 Å². The fraction of sp³-hybridized carbons (Fsp3) is 0.417. The van der Waals surface area contributed by atoms with Crippen LogP contribution >= 0.6 is 0 Å². The maximum Gasteiger partial charge on any atom is 0.295 e. The second-order valence-corrected chi connectivity index (χ2v) is 4.37. The number of nitro groups is 1. The number of hydrogen-bond donors (Lipinski definition) is 2. The fourth-order valence-electron chi connectivity index (χ4n) is 1.45. The van der Waals surface area contributed by atoms with Crippen molar-refractivity contribution < 1.29 is 14.1 Å². The molecular weight excluding hydrogens is 253 g/mol. The Labute approximate surface area is 109 Å². The largest absolute Gasteiger partial charge is 0.393 e. The molecule has 0 heterocycles. The number of hydrogen-bond acceptors (Lipinski definition) is 4. The Balaban J connectivity index is 3.00. The molecular formula is C12H16FN3O3. The molecule has 19 heavy (non-hydrogen) atoms. The standard InChI is InChI=1S/C12H16FN3O3/c1-3-7(2)6-15-12(17)9-4-8(13)5-10(11(9)14)16(18)19/h4-5,7H,3,6,14H2,1-2H3,(H,15,17). The predicted octanol–water partition coefficient (Wildman–Crippen LogP) is 2.09. The predicted molar refractivity (Wildman–Crippen MR) is 69.3 cm³/mol. The number of nitrogens with two attached hydrogens (primary N) is 1. The number of carbonyl (C=O) groups is 1. The van der Waals surface area contributed by atoms with E-state index in [0.717, 1.165) is 12.5 Å². The molecule has 6 nitrogen and oxygen atoms in total. The van der Waals surface area contributed by atoms with Crippen LogP contribution in [0.4, 0.5) is 15.8 Å². The molecule has 0 fully saturated rings. The highest BCUT2D eigenvalue weighted by Gasteiger charge is 2.21. The molecule has 1 unspecified atom stereocenters. The SMILES string of the molecule is CCC(C)CNC(=O)c1cc(F)cc([N+](=O)[O-])c1N. The highest BCUT2D eigenvalue weighted by atomic mass is 19.1. The van der Waals surface area contributed by atoms with E-state index in [1.54, 1.807) is 0 Å².